The zero-order valence-corrected chi connectivity index (χ0v) is 11.0. The van der Waals surface area contributed by atoms with Crippen LogP contribution in [0.15, 0.2) is 30.7 Å². The van der Waals surface area contributed by atoms with Crippen molar-refractivity contribution in [2.75, 3.05) is 0 Å². The lowest BCUT2D eigenvalue weighted by Crippen LogP contribution is -2.27. The molecular formula is C13H17N5O. The summed E-state index contributed by atoms with van der Waals surface area (Å²) in [6.07, 6.45) is 9.12. The molecule has 2 N–H and O–H groups in total. The standard InChI is InChI=1S/C13H17N5O/c1-3-11(13-14-8-9-15-13)17-12(19)5-4-10-6-7-16-18(10)2/h4-9,11H,3H2,1-2H3,(H,14,15)(H,17,19)/b5-4+. The second-order valence-corrected chi connectivity index (χ2v) is 4.16. The van der Waals surface area contributed by atoms with E-state index in [9.17, 15) is 4.79 Å². The van der Waals surface area contributed by atoms with E-state index in [1.165, 1.54) is 6.08 Å². The predicted octanol–water partition coefficient (Wildman–Crippen LogP) is 1.42. The largest absolute Gasteiger partial charge is 0.347 e. The number of hydrogen-bond acceptors (Lipinski definition) is 3. The normalized spacial score (nSPS) is 12.7. The van der Waals surface area contributed by atoms with E-state index < -0.39 is 0 Å². The SMILES string of the molecule is CCC(NC(=O)/C=C/c1ccnn1C)c1ncc[nH]1. The number of imidazole rings is 1. The Bertz CT molecular complexity index is 555. The fraction of sp³-hybridized carbons (Fsp3) is 0.308. The van der Waals surface area contributed by atoms with E-state index in [1.54, 1.807) is 29.3 Å². The zero-order valence-electron chi connectivity index (χ0n) is 11.0. The summed E-state index contributed by atoms with van der Waals surface area (Å²) < 4.78 is 1.70. The number of carbonyl (C=O) groups is 1. The molecule has 6 nitrogen and oxygen atoms in total. The summed E-state index contributed by atoms with van der Waals surface area (Å²) in [5, 5.41) is 6.93. The molecule has 0 fully saturated rings. The summed E-state index contributed by atoms with van der Waals surface area (Å²) >= 11 is 0. The third kappa shape index (κ3) is 3.31. The Morgan fingerprint density at radius 1 is 1.58 bits per heavy atom. The van der Waals surface area contributed by atoms with Crippen LogP contribution in [-0.2, 0) is 11.8 Å². The molecule has 0 aliphatic rings. The maximum absolute atomic E-state index is 11.8. The number of carbonyl (C=O) groups excluding carboxylic acids is 1. The lowest BCUT2D eigenvalue weighted by atomic mass is 10.2. The molecule has 2 rings (SSSR count). The Morgan fingerprint density at radius 2 is 2.42 bits per heavy atom. The molecule has 0 radical (unpaired) electrons. The van der Waals surface area contributed by atoms with E-state index in [0.29, 0.717) is 0 Å². The molecular weight excluding hydrogens is 242 g/mol. The first kappa shape index (κ1) is 13.1. The van der Waals surface area contributed by atoms with E-state index in [4.69, 9.17) is 0 Å². The van der Waals surface area contributed by atoms with Crippen LogP contribution in [0.5, 0.6) is 0 Å². The molecule has 6 heteroatoms. The molecule has 2 heterocycles. The highest BCUT2D eigenvalue weighted by Gasteiger charge is 2.12. The number of nitrogens with zero attached hydrogens (tertiary/aromatic N) is 3. The number of nitrogens with one attached hydrogen (secondary N) is 2. The van der Waals surface area contributed by atoms with Crippen molar-refractivity contribution in [3.63, 3.8) is 0 Å². The van der Waals surface area contributed by atoms with Crippen LogP contribution in [0.25, 0.3) is 6.08 Å². The van der Waals surface area contributed by atoms with Gasteiger partial charge in [-0.25, -0.2) is 4.98 Å². The van der Waals surface area contributed by atoms with Gasteiger partial charge in [0.25, 0.3) is 0 Å². The Kier molecular flexibility index (Phi) is 4.12. The first-order chi connectivity index (χ1) is 9.20. The number of rotatable bonds is 5. The highest BCUT2D eigenvalue weighted by atomic mass is 16.1. The second kappa shape index (κ2) is 5.99. The van der Waals surface area contributed by atoms with Gasteiger partial charge in [0.05, 0.1) is 11.7 Å². The van der Waals surface area contributed by atoms with E-state index in [2.05, 4.69) is 20.4 Å². The van der Waals surface area contributed by atoms with Crippen molar-refractivity contribution in [1.82, 2.24) is 25.1 Å². The average Bonchev–Trinajstić information content (AvgIpc) is 3.05. The van der Waals surface area contributed by atoms with E-state index in [1.807, 2.05) is 20.0 Å². The van der Waals surface area contributed by atoms with Gasteiger partial charge in [0, 0.05) is 31.7 Å². The van der Waals surface area contributed by atoms with Crippen LogP contribution in [0.1, 0.15) is 30.9 Å². The molecule has 0 saturated heterocycles. The molecule has 1 amide bonds. The minimum atomic E-state index is -0.149. The predicted molar refractivity (Wildman–Crippen MR) is 72.0 cm³/mol. The summed E-state index contributed by atoms with van der Waals surface area (Å²) in [5.41, 5.74) is 0.876. The smallest absolute Gasteiger partial charge is 0.244 e. The van der Waals surface area contributed by atoms with Crippen molar-refractivity contribution in [3.8, 4) is 0 Å². The number of aromatic nitrogens is 4. The van der Waals surface area contributed by atoms with Crippen molar-refractivity contribution in [1.29, 1.82) is 0 Å². The maximum Gasteiger partial charge on any atom is 0.244 e. The van der Waals surface area contributed by atoms with Gasteiger partial charge < -0.3 is 10.3 Å². The zero-order chi connectivity index (χ0) is 13.7. The van der Waals surface area contributed by atoms with Crippen molar-refractivity contribution >= 4 is 12.0 Å². The molecule has 2 aromatic heterocycles. The van der Waals surface area contributed by atoms with Crippen LogP contribution >= 0.6 is 0 Å². The Morgan fingerprint density at radius 3 is 3.00 bits per heavy atom. The molecule has 1 atom stereocenters. The molecule has 0 bridgehead atoms. The summed E-state index contributed by atoms with van der Waals surface area (Å²) in [6.45, 7) is 2.00. The quantitative estimate of drug-likeness (QED) is 0.797. The monoisotopic (exact) mass is 259 g/mol. The van der Waals surface area contributed by atoms with Crippen LogP contribution in [-0.4, -0.2) is 25.7 Å². The van der Waals surface area contributed by atoms with Crippen molar-refractivity contribution in [2.45, 2.75) is 19.4 Å². The summed E-state index contributed by atoms with van der Waals surface area (Å²) in [5.74, 6) is 0.620. The number of amides is 1. The number of H-pyrrole nitrogens is 1. The van der Waals surface area contributed by atoms with E-state index in [0.717, 1.165) is 17.9 Å². The molecule has 0 spiro atoms. The molecule has 1 unspecified atom stereocenters. The highest BCUT2D eigenvalue weighted by Crippen LogP contribution is 2.11. The van der Waals surface area contributed by atoms with E-state index >= 15 is 0 Å². The summed E-state index contributed by atoms with van der Waals surface area (Å²) in [4.78, 5) is 19.0. The van der Waals surface area contributed by atoms with Crippen molar-refractivity contribution in [3.05, 3.63) is 42.3 Å². The molecule has 19 heavy (non-hydrogen) atoms. The lowest BCUT2D eigenvalue weighted by molar-refractivity contribution is -0.117. The van der Waals surface area contributed by atoms with Gasteiger partial charge in [0.15, 0.2) is 0 Å². The van der Waals surface area contributed by atoms with Gasteiger partial charge >= 0.3 is 0 Å². The minimum Gasteiger partial charge on any atom is -0.347 e. The van der Waals surface area contributed by atoms with Crippen molar-refractivity contribution in [2.24, 2.45) is 7.05 Å². The third-order valence-electron chi connectivity index (χ3n) is 2.84. The average molecular weight is 259 g/mol. The number of aromatic amines is 1. The topological polar surface area (TPSA) is 75.6 Å². The molecule has 2 aromatic rings. The van der Waals surface area contributed by atoms with E-state index in [-0.39, 0.29) is 11.9 Å². The second-order valence-electron chi connectivity index (χ2n) is 4.16. The Balaban J connectivity index is 1.97. The molecule has 0 aromatic carbocycles. The first-order valence-electron chi connectivity index (χ1n) is 6.16. The fourth-order valence-electron chi connectivity index (χ4n) is 1.76. The van der Waals surface area contributed by atoms with Gasteiger partial charge in [-0.15, -0.1) is 0 Å². The van der Waals surface area contributed by atoms with Crippen molar-refractivity contribution < 1.29 is 4.79 Å². The van der Waals surface area contributed by atoms with Crippen LogP contribution in [0, 0.1) is 0 Å². The van der Waals surface area contributed by atoms with Gasteiger partial charge in [0.2, 0.25) is 5.91 Å². The molecule has 0 aliphatic heterocycles. The first-order valence-corrected chi connectivity index (χ1v) is 6.16. The van der Waals surface area contributed by atoms with Gasteiger partial charge in [0.1, 0.15) is 5.82 Å². The maximum atomic E-state index is 11.8. The van der Waals surface area contributed by atoms with Gasteiger partial charge in [-0.2, -0.15) is 5.10 Å². The summed E-state index contributed by atoms with van der Waals surface area (Å²) in [6, 6.07) is 1.74. The van der Waals surface area contributed by atoms with Crippen LogP contribution < -0.4 is 5.32 Å². The molecule has 0 aliphatic carbocycles. The van der Waals surface area contributed by atoms with Crippen LogP contribution in [0.2, 0.25) is 0 Å². The molecule has 0 saturated carbocycles. The van der Waals surface area contributed by atoms with Gasteiger partial charge in [-0.05, 0) is 18.6 Å². The van der Waals surface area contributed by atoms with Gasteiger partial charge in [-0.1, -0.05) is 6.92 Å². The fourth-order valence-corrected chi connectivity index (χ4v) is 1.76. The van der Waals surface area contributed by atoms with Crippen LogP contribution in [0.4, 0.5) is 0 Å². The Labute approximate surface area is 111 Å². The molecule has 100 valence electrons. The lowest BCUT2D eigenvalue weighted by Gasteiger charge is -2.12. The Hall–Kier alpha value is -2.37. The van der Waals surface area contributed by atoms with Gasteiger partial charge in [-0.3, -0.25) is 9.48 Å². The number of hydrogen-bond donors (Lipinski definition) is 2. The van der Waals surface area contributed by atoms with Crippen LogP contribution in [0.3, 0.4) is 0 Å². The minimum absolute atomic E-state index is 0.0984. The number of aryl methyl sites for hydroxylation is 1. The highest BCUT2D eigenvalue weighted by molar-refractivity contribution is 5.91. The third-order valence-corrected chi connectivity index (χ3v) is 2.84. The summed E-state index contributed by atoms with van der Waals surface area (Å²) in [7, 11) is 1.83.